The van der Waals surface area contributed by atoms with Crippen molar-refractivity contribution in [1.29, 1.82) is 0 Å². The van der Waals surface area contributed by atoms with Crippen LogP contribution in [0.15, 0.2) is 52.3 Å². The minimum atomic E-state index is -3.63. The van der Waals surface area contributed by atoms with Crippen LogP contribution in [0.3, 0.4) is 0 Å². The summed E-state index contributed by atoms with van der Waals surface area (Å²) in [6, 6.07) is 10.4. The summed E-state index contributed by atoms with van der Waals surface area (Å²) in [5.41, 5.74) is 0. The van der Waals surface area contributed by atoms with E-state index in [0.29, 0.717) is 16.4 Å². The van der Waals surface area contributed by atoms with Gasteiger partial charge in [0.2, 0.25) is 10.0 Å². The Balaban J connectivity index is 1.82. The maximum atomic E-state index is 14.1. The van der Waals surface area contributed by atoms with Gasteiger partial charge in [0.25, 0.3) is 0 Å². The number of benzene rings is 2. The number of carbonyl (C=O) groups is 1. The molecule has 29 heavy (non-hydrogen) atoms. The first-order chi connectivity index (χ1) is 13.9. The van der Waals surface area contributed by atoms with Crippen LogP contribution >= 0.6 is 11.8 Å². The Labute approximate surface area is 173 Å². The molecule has 0 saturated carbocycles. The fourth-order valence-electron chi connectivity index (χ4n) is 2.21. The minimum Gasteiger partial charge on any atom is -0.497 e. The Morgan fingerprint density at radius 1 is 1.17 bits per heavy atom. The molecule has 0 aliphatic rings. The third-order valence-corrected chi connectivity index (χ3v) is 6.06. The van der Waals surface area contributed by atoms with Crippen molar-refractivity contribution in [2.24, 2.45) is 0 Å². The zero-order chi connectivity index (χ0) is 21.3. The average molecular weight is 444 g/mol. The van der Waals surface area contributed by atoms with Crippen molar-refractivity contribution in [1.82, 2.24) is 4.72 Å². The van der Waals surface area contributed by atoms with E-state index in [4.69, 9.17) is 14.2 Å². The molecule has 0 atom stereocenters. The van der Waals surface area contributed by atoms with E-state index in [0.717, 1.165) is 0 Å². The summed E-state index contributed by atoms with van der Waals surface area (Å²) in [5, 5.41) is 0. The highest BCUT2D eigenvalue weighted by Crippen LogP contribution is 2.25. The summed E-state index contributed by atoms with van der Waals surface area (Å²) in [6.07, 6.45) is 0. The molecule has 0 aromatic heterocycles. The standard InChI is InChI=1S/C19H22FNO6S2/c1-3-26-19(22)13-27-18-9-6-15(12-17(18)20)28-11-10-21-29(23,24)16-7-4-14(25-2)5-8-16/h4-9,12,21H,3,10-11,13H2,1-2H3. The van der Waals surface area contributed by atoms with E-state index >= 15 is 0 Å². The maximum absolute atomic E-state index is 14.1. The molecule has 0 amide bonds. The van der Waals surface area contributed by atoms with E-state index in [1.165, 1.54) is 43.1 Å². The van der Waals surface area contributed by atoms with Gasteiger partial charge in [-0.25, -0.2) is 22.3 Å². The van der Waals surface area contributed by atoms with Gasteiger partial charge in [0.15, 0.2) is 18.2 Å². The van der Waals surface area contributed by atoms with E-state index in [9.17, 15) is 17.6 Å². The number of nitrogens with one attached hydrogen (secondary N) is 1. The molecule has 2 aromatic carbocycles. The normalized spacial score (nSPS) is 11.1. The molecule has 0 unspecified atom stereocenters. The Hall–Kier alpha value is -2.30. The number of halogens is 1. The van der Waals surface area contributed by atoms with E-state index in [1.807, 2.05) is 0 Å². The minimum absolute atomic E-state index is 0.0531. The van der Waals surface area contributed by atoms with Gasteiger partial charge in [-0.15, -0.1) is 11.8 Å². The smallest absolute Gasteiger partial charge is 0.344 e. The van der Waals surface area contributed by atoms with Crippen molar-refractivity contribution in [3.8, 4) is 11.5 Å². The van der Waals surface area contributed by atoms with Crippen LogP contribution in [0.1, 0.15) is 6.92 Å². The molecule has 0 heterocycles. The van der Waals surface area contributed by atoms with Crippen LogP contribution in [0.25, 0.3) is 0 Å². The predicted octanol–water partition coefficient (Wildman–Crippen LogP) is 2.85. The summed E-state index contributed by atoms with van der Waals surface area (Å²) in [7, 11) is -2.13. The van der Waals surface area contributed by atoms with Crippen molar-refractivity contribution < 1.29 is 31.8 Å². The SMILES string of the molecule is CCOC(=O)COc1ccc(SCCNS(=O)(=O)c2ccc(OC)cc2)cc1F. The summed E-state index contributed by atoms with van der Waals surface area (Å²) < 4.78 is 55.8. The van der Waals surface area contributed by atoms with Gasteiger partial charge in [-0.05, 0) is 49.4 Å². The monoisotopic (exact) mass is 443 g/mol. The number of ether oxygens (including phenoxy) is 3. The number of carbonyl (C=O) groups excluding carboxylic acids is 1. The lowest BCUT2D eigenvalue weighted by Crippen LogP contribution is -2.26. The van der Waals surface area contributed by atoms with E-state index in [1.54, 1.807) is 25.1 Å². The van der Waals surface area contributed by atoms with E-state index in [2.05, 4.69) is 4.72 Å². The molecule has 0 bridgehead atoms. The number of sulfonamides is 1. The lowest BCUT2D eigenvalue weighted by atomic mass is 10.3. The van der Waals surface area contributed by atoms with Crippen LogP contribution < -0.4 is 14.2 Å². The van der Waals surface area contributed by atoms with Crippen LogP contribution in [0.5, 0.6) is 11.5 Å². The van der Waals surface area contributed by atoms with Crippen LogP contribution in [0, 0.1) is 5.82 Å². The van der Waals surface area contributed by atoms with Crippen molar-refractivity contribution in [2.45, 2.75) is 16.7 Å². The largest absolute Gasteiger partial charge is 0.497 e. The lowest BCUT2D eigenvalue weighted by Gasteiger charge is -2.09. The molecule has 0 aliphatic carbocycles. The predicted molar refractivity (Wildman–Crippen MR) is 107 cm³/mol. The second-order valence-electron chi connectivity index (χ2n) is 5.61. The van der Waals surface area contributed by atoms with Crippen LogP contribution in [-0.2, 0) is 19.6 Å². The van der Waals surface area contributed by atoms with E-state index < -0.39 is 21.8 Å². The molecule has 0 radical (unpaired) electrons. The number of methoxy groups -OCH3 is 1. The van der Waals surface area contributed by atoms with Crippen LogP contribution in [0.2, 0.25) is 0 Å². The molecule has 7 nitrogen and oxygen atoms in total. The van der Waals surface area contributed by atoms with Crippen molar-refractivity contribution in [3.05, 3.63) is 48.3 Å². The number of hydrogen-bond acceptors (Lipinski definition) is 7. The van der Waals surface area contributed by atoms with E-state index in [-0.39, 0.29) is 30.4 Å². The van der Waals surface area contributed by atoms with Gasteiger partial charge in [0, 0.05) is 17.2 Å². The highest BCUT2D eigenvalue weighted by Gasteiger charge is 2.13. The highest BCUT2D eigenvalue weighted by atomic mass is 32.2. The topological polar surface area (TPSA) is 90.9 Å². The zero-order valence-electron chi connectivity index (χ0n) is 16.0. The Morgan fingerprint density at radius 3 is 2.52 bits per heavy atom. The van der Waals surface area contributed by atoms with Crippen LogP contribution in [-0.4, -0.2) is 47.0 Å². The van der Waals surface area contributed by atoms with Gasteiger partial charge >= 0.3 is 5.97 Å². The zero-order valence-corrected chi connectivity index (χ0v) is 17.6. The Morgan fingerprint density at radius 2 is 1.90 bits per heavy atom. The number of thioether (sulfide) groups is 1. The average Bonchev–Trinajstić information content (AvgIpc) is 2.71. The third-order valence-electron chi connectivity index (χ3n) is 3.59. The van der Waals surface area contributed by atoms with Gasteiger partial charge in [-0.2, -0.15) is 0 Å². The second-order valence-corrected chi connectivity index (χ2v) is 8.54. The molecule has 0 spiro atoms. The summed E-state index contributed by atoms with van der Waals surface area (Å²) in [6.45, 7) is 1.69. The van der Waals surface area contributed by atoms with Crippen molar-refractivity contribution in [2.75, 3.05) is 32.6 Å². The highest BCUT2D eigenvalue weighted by molar-refractivity contribution is 7.99. The Kier molecular flexibility index (Phi) is 8.74. The summed E-state index contributed by atoms with van der Waals surface area (Å²) >= 11 is 1.28. The molecular formula is C19H22FNO6S2. The number of rotatable bonds is 11. The molecule has 2 rings (SSSR count). The first-order valence-corrected chi connectivity index (χ1v) is 11.2. The van der Waals surface area contributed by atoms with Crippen molar-refractivity contribution in [3.63, 3.8) is 0 Å². The van der Waals surface area contributed by atoms with Gasteiger partial charge in [-0.3, -0.25) is 0 Å². The molecule has 2 aromatic rings. The molecular weight excluding hydrogens is 421 g/mol. The fraction of sp³-hybridized carbons (Fsp3) is 0.316. The van der Waals surface area contributed by atoms with Gasteiger partial charge < -0.3 is 14.2 Å². The maximum Gasteiger partial charge on any atom is 0.344 e. The molecule has 158 valence electrons. The van der Waals surface area contributed by atoms with Gasteiger partial charge in [0.1, 0.15) is 5.75 Å². The summed E-state index contributed by atoms with van der Waals surface area (Å²) in [5.74, 6) is -0.274. The lowest BCUT2D eigenvalue weighted by molar-refractivity contribution is -0.145. The fourth-order valence-corrected chi connectivity index (χ4v) is 4.16. The Bertz CT molecular complexity index is 919. The van der Waals surface area contributed by atoms with Gasteiger partial charge in [0.05, 0.1) is 18.6 Å². The second kappa shape index (κ2) is 11.0. The number of hydrogen-bond donors (Lipinski definition) is 1. The molecule has 0 fully saturated rings. The molecule has 0 saturated heterocycles. The first-order valence-electron chi connectivity index (χ1n) is 8.70. The third kappa shape index (κ3) is 7.22. The van der Waals surface area contributed by atoms with Crippen molar-refractivity contribution >= 4 is 27.8 Å². The van der Waals surface area contributed by atoms with Crippen LogP contribution in [0.4, 0.5) is 4.39 Å². The molecule has 1 N–H and O–H groups in total. The van der Waals surface area contributed by atoms with Gasteiger partial charge in [-0.1, -0.05) is 0 Å². The molecule has 0 aliphatic heterocycles. The quantitative estimate of drug-likeness (QED) is 0.324. The first kappa shape index (κ1) is 23.0. The summed E-state index contributed by atoms with van der Waals surface area (Å²) in [4.78, 5) is 12.0. The number of esters is 1. The molecule has 10 heteroatoms.